The first-order valence-corrected chi connectivity index (χ1v) is 7.85. The summed E-state index contributed by atoms with van der Waals surface area (Å²) in [6.45, 7) is 33.8. The molecule has 0 atom stereocenters. The fraction of sp³-hybridized carbons (Fsp3) is 0.789. The highest BCUT2D eigenvalue weighted by Gasteiger charge is 1.68. The van der Waals surface area contributed by atoms with E-state index in [9.17, 15) is 0 Å². The molecule has 0 bridgehead atoms. The average Bonchev–Trinajstić information content (AvgIpc) is 2.21. The summed E-state index contributed by atoms with van der Waals surface area (Å²) in [6, 6.07) is 0. The summed E-state index contributed by atoms with van der Waals surface area (Å²) < 4.78 is 0. The molecule has 0 aliphatic carbocycles. The first-order chi connectivity index (χ1) is 8.61. The van der Waals surface area contributed by atoms with Crippen molar-refractivity contribution in [1.29, 1.82) is 0 Å². The van der Waals surface area contributed by atoms with Crippen molar-refractivity contribution in [2.24, 2.45) is 5.92 Å². The lowest BCUT2D eigenvalue weighted by molar-refractivity contribution is 0.737. The Morgan fingerprint density at radius 3 is 0.684 bits per heavy atom. The van der Waals surface area contributed by atoms with Crippen molar-refractivity contribution in [3.63, 3.8) is 0 Å². The minimum atomic E-state index is 0.833. The van der Waals surface area contributed by atoms with Gasteiger partial charge in [0.1, 0.15) is 0 Å². The van der Waals surface area contributed by atoms with Gasteiger partial charge in [-0.2, -0.15) is 0 Å². The Hall–Kier alpha value is -0.520. The van der Waals surface area contributed by atoms with Crippen molar-refractivity contribution in [3.05, 3.63) is 24.3 Å². The van der Waals surface area contributed by atoms with E-state index in [-0.39, 0.29) is 0 Å². The van der Waals surface area contributed by atoms with Crippen molar-refractivity contribution in [2.75, 3.05) is 0 Å². The van der Waals surface area contributed by atoms with Gasteiger partial charge in [-0.3, -0.25) is 0 Å². The molecule has 0 saturated carbocycles. The van der Waals surface area contributed by atoms with Crippen LogP contribution >= 0.6 is 0 Å². The molecule has 0 radical (unpaired) electrons. The maximum Gasteiger partial charge on any atom is -0.0445 e. The van der Waals surface area contributed by atoms with Crippen LogP contribution in [0, 0.1) is 5.92 Å². The highest BCUT2D eigenvalue weighted by molar-refractivity contribution is 4.79. The van der Waals surface area contributed by atoms with E-state index in [2.05, 4.69) is 47.8 Å². The molecule has 0 nitrogen and oxygen atoms in total. The topological polar surface area (TPSA) is 0 Å². The summed E-state index contributed by atoms with van der Waals surface area (Å²) in [7, 11) is 0. The number of rotatable bonds is 0. The SMILES string of the molecule is C=C(C)C.C=C(C)C.CC.CC.CC(C)C.CCC. The van der Waals surface area contributed by atoms with Crippen LogP contribution in [0.15, 0.2) is 24.3 Å². The van der Waals surface area contributed by atoms with Crippen LogP contribution in [0.4, 0.5) is 0 Å². The maximum atomic E-state index is 3.56. The van der Waals surface area contributed by atoms with E-state index < -0.39 is 0 Å². The Morgan fingerprint density at radius 1 is 0.684 bits per heavy atom. The van der Waals surface area contributed by atoms with Crippen molar-refractivity contribution in [2.45, 2.75) is 96.4 Å². The van der Waals surface area contributed by atoms with Crippen LogP contribution in [-0.4, -0.2) is 0 Å². The van der Waals surface area contributed by atoms with E-state index in [1.54, 1.807) is 0 Å². The predicted molar refractivity (Wildman–Crippen MR) is 100 cm³/mol. The second-order valence-electron chi connectivity index (χ2n) is 4.85. The number of hydrogen-bond acceptors (Lipinski definition) is 0. The van der Waals surface area contributed by atoms with Gasteiger partial charge in [0.2, 0.25) is 0 Å². The molecule has 0 aromatic heterocycles. The molecule has 0 aromatic carbocycles. The molecule has 0 aliphatic heterocycles. The Morgan fingerprint density at radius 2 is 0.684 bits per heavy atom. The zero-order valence-electron chi connectivity index (χ0n) is 16.7. The Balaban J connectivity index is -0.0000000274. The summed E-state index contributed by atoms with van der Waals surface area (Å²) in [6.07, 6.45) is 1.25. The van der Waals surface area contributed by atoms with Crippen LogP contribution in [0.3, 0.4) is 0 Å². The maximum absolute atomic E-state index is 3.56. The van der Waals surface area contributed by atoms with Gasteiger partial charge >= 0.3 is 0 Å². The van der Waals surface area contributed by atoms with Gasteiger partial charge in [0.25, 0.3) is 0 Å². The minimum Gasteiger partial charge on any atom is -0.100 e. The van der Waals surface area contributed by atoms with Gasteiger partial charge < -0.3 is 0 Å². The normalized spacial score (nSPS) is 6.21. The van der Waals surface area contributed by atoms with Crippen LogP contribution < -0.4 is 0 Å². The van der Waals surface area contributed by atoms with E-state index in [1.165, 1.54) is 17.6 Å². The fourth-order valence-electron chi connectivity index (χ4n) is 0. The summed E-state index contributed by atoms with van der Waals surface area (Å²) in [4.78, 5) is 0. The molecule has 0 rings (SSSR count). The van der Waals surface area contributed by atoms with E-state index in [0.717, 1.165) is 5.92 Å². The zero-order valence-corrected chi connectivity index (χ0v) is 16.7. The molecule has 122 valence electrons. The zero-order chi connectivity index (χ0) is 17.4. The Bertz CT molecular complexity index is 95.2. The van der Waals surface area contributed by atoms with E-state index in [1.807, 2.05) is 55.4 Å². The standard InChI is InChI=1S/C4H10.2C4H8.C3H8.2C2H6/c3*1-4(2)3;1-3-2;2*1-2/h4H,1-3H3;2*1H2,2-3H3;3H2,1-2H3;2*1-2H3. The summed E-state index contributed by atoms with van der Waals surface area (Å²) in [5, 5.41) is 0. The molecule has 0 spiro atoms. The molecule has 0 saturated heterocycles. The second-order valence-corrected chi connectivity index (χ2v) is 4.85. The second kappa shape index (κ2) is 52.8. The molecule has 0 amide bonds. The summed E-state index contributed by atoms with van der Waals surface area (Å²) in [5.41, 5.74) is 2.33. The van der Waals surface area contributed by atoms with Crippen LogP contribution in [0.1, 0.15) is 96.4 Å². The molecule has 19 heavy (non-hydrogen) atoms. The monoisotopic (exact) mass is 274 g/mol. The van der Waals surface area contributed by atoms with Gasteiger partial charge in [0.05, 0.1) is 0 Å². The van der Waals surface area contributed by atoms with E-state index in [4.69, 9.17) is 0 Å². The van der Waals surface area contributed by atoms with Crippen molar-refractivity contribution < 1.29 is 0 Å². The highest BCUT2D eigenvalue weighted by Crippen LogP contribution is 1.81. The van der Waals surface area contributed by atoms with Crippen LogP contribution in [0.5, 0.6) is 0 Å². The Labute approximate surface area is 127 Å². The van der Waals surface area contributed by atoms with Crippen molar-refractivity contribution in [3.8, 4) is 0 Å². The first kappa shape index (κ1) is 36.3. The molecule has 0 heterocycles. The molecular formula is C19H46. The number of hydrogen-bond donors (Lipinski definition) is 0. The lowest BCUT2D eigenvalue weighted by Crippen LogP contribution is -1.66. The van der Waals surface area contributed by atoms with E-state index in [0.29, 0.717) is 0 Å². The third-order valence-corrected chi connectivity index (χ3v) is 0. The van der Waals surface area contributed by atoms with Crippen LogP contribution in [0.2, 0.25) is 0 Å². The van der Waals surface area contributed by atoms with Gasteiger partial charge in [0, 0.05) is 0 Å². The quantitative estimate of drug-likeness (QED) is 0.390. The third-order valence-electron chi connectivity index (χ3n) is 0. The van der Waals surface area contributed by atoms with Gasteiger partial charge in [0.15, 0.2) is 0 Å². The van der Waals surface area contributed by atoms with Gasteiger partial charge in [-0.25, -0.2) is 0 Å². The molecule has 0 aliphatic rings. The van der Waals surface area contributed by atoms with Crippen molar-refractivity contribution >= 4 is 0 Å². The number of allylic oxidation sites excluding steroid dienone is 2. The summed E-state index contributed by atoms with van der Waals surface area (Å²) >= 11 is 0. The molecule has 0 heteroatoms. The summed E-state index contributed by atoms with van der Waals surface area (Å²) in [5.74, 6) is 0.833. The van der Waals surface area contributed by atoms with E-state index >= 15 is 0 Å². The molecule has 0 unspecified atom stereocenters. The van der Waals surface area contributed by atoms with Gasteiger partial charge in [-0.15, -0.1) is 13.2 Å². The predicted octanol–water partition coefficient (Wildman–Crippen LogP) is 8.30. The van der Waals surface area contributed by atoms with Gasteiger partial charge in [-0.05, 0) is 33.6 Å². The van der Waals surface area contributed by atoms with Crippen molar-refractivity contribution in [1.82, 2.24) is 0 Å². The third kappa shape index (κ3) is 15500. The highest BCUT2D eigenvalue weighted by atomic mass is 13.7. The minimum absolute atomic E-state index is 0.833. The molecule has 0 aromatic rings. The molecular weight excluding hydrogens is 228 g/mol. The average molecular weight is 275 g/mol. The first-order valence-electron chi connectivity index (χ1n) is 7.85. The smallest absolute Gasteiger partial charge is 0.0445 e. The molecule has 0 N–H and O–H groups in total. The van der Waals surface area contributed by atoms with Crippen LogP contribution in [0.25, 0.3) is 0 Å². The van der Waals surface area contributed by atoms with Crippen LogP contribution in [-0.2, 0) is 0 Å². The fourth-order valence-corrected chi connectivity index (χ4v) is 0. The lowest BCUT2D eigenvalue weighted by Gasteiger charge is -1.79. The molecule has 0 fully saturated rings. The lowest BCUT2D eigenvalue weighted by atomic mass is 10.3. The largest absolute Gasteiger partial charge is 0.100 e. The van der Waals surface area contributed by atoms with Gasteiger partial charge in [-0.1, -0.05) is 79.9 Å². The Kier molecular flexibility index (Phi) is 101.